The molecule has 0 N–H and O–H groups in total. The van der Waals surface area contributed by atoms with Crippen molar-refractivity contribution in [1.82, 2.24) is 0 Å². The SMILES string of the molecule is CCOCC(CC(=O)OCc1ccccc1)OC. The van der Waals surface area contributed by atoms with Crippen LogP contribution >= 0.6 is 0 Å². The van der Waals surface area contributed by atoms with Gasteiger partial charge >= 0.3 is 5.97 Å². The van der Waals surface area contributed by atoms with Gasteiger partial charge in [0.25, 0.3) is 0 Å². The molecule has 1 atom stereocenters. The third-order valence-corrected chi connectivity index (χ3v) is 2.48. The van der Waals surface area contributed by atoms with Crippen molar-refractivity contribution in [3.05, 3.63) is 35.9 Å². The molecule has 0 radical (unpaired) electrons. The summed E-state index contributed by atoms with van der Waals surface area (Å²) in [5.74, 6) is -0.273. The highest BCUT2D eigenvalue weighted by Crippen LogP contribution is 2.05. The lowest BCUT2D eigenvalue weighted by atomic mass is 10.2. The summed E-state index contributed by atoms with van der Waals surface area (Å²) in [6.45, 7) is 3.22. The Kier molecular flexibility index (Phi) is 7.06. The maximum absolute atomic E-state index is 11.6. The van der Waals surface area contributed by atoms with Gasteiger partial charge in [0, 0.05) is 13.7 Å². The molecule has 0 heterocycles. The molecule has 1 unspecified atom stereocenters. The number of hydrogen-bond acceptors (Lipinski definition) is 4. The second-order valence-electron chi connectivity index (χ2n) is 3.87. The predicted molar refractivity (Wildman–Crippen MR) is 68.1 cm³/mol. The van der Waals surface area contributed by atoms with E-state index in [1.165, 1.54) is 0 Å². The predicted octanol–water partition coefficient (Wildman–Crippen LogP) is 2.17. The van der Waals surface area contributed by atoms with Gasteiger partial charge in [-0.25, -0.2) is 0 Å². The molecule has 0 aliphatic carbocycles. The smallest absolute Gasteiger partial charge is 0.308 e. The summed E-state index contributed by atoms with van der Waals surface area (Å²) >= 11 is 0. The Morgan fingerprint density at radius 2 is 2.00 bits per heavy atom. The van der Waals surface area contributed by atoms with Crippen molar-refractivity contribution in [2.24, 2.45) is 0 Å². The van der Waals surface area contributed by atoms with Gasteiger partial charge in [-0.05, 0) is 12.5 Å². The summed E-state index contributed by atoms with van der Waals surface area (Å²) in [5, 5.41) is 0. The number of rotatable bonds is 8. The molecule has 0 amide bonds. The van der Waals surface area contributed by atoms with Gasteiger partial charge in [-0.15, -0.1) is 0 Å². The minimum absolute atomic E-state index is 0.212. The van der Waals surface area contributed by atoms with Crippen molar-refractivity contribution >= 4 is 5.97 Å². The zero-order chi connectivity index (χ0) is 13.2. The van der Waals surface area contributed by atoms with E-state index in [0.29, 0.717) is 19.8 Å². The lowest BCUT2D eigenvalue weighted by Gasteiger charge is -2.14. The zero-order valence-corrected chi connectivity index (χ0v) is 10.9. The summed E-state index contributed by atoms with van der Waals surface area (Å²) in [4.78, 5) is 11.6. The van der Waals surface area contributed by atoms with Crippen LogP contribution in [0, 0.1) is 0 Å². The molecule has 100 valence electrons. The average Bonchev–Trinajstić information content (AvgIpc) is 2.42. The normalized spacial score (nSPS) is 12.1. The van der Waals surface area contributed by atoms with Crippen molar-refractivity contribution in [1.29, 1.82) is 0 Å². The largest absolute Gasteiger partial charge is 0.461 e. The zero-order valence-electron chi connectivity index (χ0n) is 10.9. The minimum atomic E-state index is -0.273. The van der Waals surface area contributed by atoms with Crippen LogP contribution in [-0.4, -0.2) is 32.4 Å². The first-order chi connectivity index (χ1) is 8.76. The molecule has 0 saturated heterocycles. The van der Waals surface area contributed by atoms with Crippen LogP contribution in [0.3, 0.4) is 0 Å². The number of benzene rings is 1. The Morgan fingerprint density at radius 1 is 1.28 bits per heavy atom. The fraction of sp³-hybridized carbons (Fsp3) is 0.500. The summed E-state index contributed by atoms with van der Waals surface area (Å²) in [6.07, 6.45) is -0.0307. The Hall–Kier alpha value is -1.39. The van der Waals surface area contributed by atoms with Crippen molar-refractivity contribution < 1.29 is 19.0 Å². The van der Waals surface area contributed by atoms with E-state index in [9.17, 15) is 4.79 Å². The van der Waals surface area contributed by atoms with Crippen LogP contribution in [0.2, 0.25) is 0 Å². The van der Waals surface area contributed by atoms with Crippen LogP contribution in [0.15, 0.2) is 30.3 Å². The highest BCUT2D eigenvalue weighted by atomic mass is 16.5. The summed E-state index contributed by atoms with van der Waals surface area (Å²) < 4.78 is 15.5. The minimum Gasteiger partial charge on any atom is -0.461 e. The van der Waals surface area contributed by atoms with E-state index >= 15 is 0 Å². The van der Waals surface area contributed by atoms with E-state index < -0.39 is 0 Å². The Bertz CT molecular complexity index is 337. The summed E-state index contributed by atoms with van der Waals surface area (Å²) in [6, 6.07) is 9.59. The van der Waals surface area contributed by atoms with E-state index in [4.69, 9.17) is 14.2 Å². The fourth-order valence-electron chi connectivity index (χ4n) is 1.44. The second-order valence-corrected chi connectivity index (χ2v) is 3.87. The van der Waals surface area contributed by atoms with E-state index in [0.717, 1.165) is 5.56 Å². The van der Waals surface area contributed by atoms with Crippen LogP contribution in [0.4, 0.5) is 0 Å². The average molecular weight is 252 g/mol. The van der Waals surface area contributed by atoms with Crippen molar-refractivity contribution in [2.45, 2.75) is 26.1 Å². The molecule has 0 saturated carbocycles. The van der Waals surface area contributed by atoms with E-state index in [1.807, 2.05) is 37.3 Å². The quantitative estimate of drug-likeness (QED) is 0.665. The van der Waals surface area contributed by atoms with Gasteiger partial charge in [-0.1, -0.05) is 30.3 Å². The van der Waals surface area contributed by atoms with Gasteiger partial charge in [0.05, 0.1) is 19.1 Å². The number of methoxy groups -OCH3 is 1. The molecule has 1 aromatic rings. The third kappa shape index (κ3) is 5.80. The highest BCUT2D eigenvalue weighted by molar-refractivity contribution is 5.70. The van der Waals surface area contributed by atoms with E-state index in [-0.39, 0.29) is 18.5 Å². The molecule has 0 aliphatic heterocycles. The maximum atomic E-state index is 11.6. The van der Waals surface area contributed by atoms with Crippen LogP contribution in [0.1, 0.15) is 18.9 Å². The lowest BCUT2D eigenvalue weighted by Crippen LogP contribution is -2.23. The fourth-order valence-corrected chi connectivity index (χ4v) is 1.44. The molecular formula is C14H20O4. The first-order valence-corrected chi connectivity index (χ1v) is 6.06. The molecule has 18 heavy (non-hydrogen) atoms. The van der Waals surface area contributed by atoms with Gasteiger partial charge in [-0.3, -0.25) is 4.79 Å². The molecule has 4 heteroatoms. The van der Waals surface area contributed by atoms with Gasteiger partial charge < -0.3 is 14.2 Å². The second kappa shape index (κ2) is 8.66. The number of carbonyl (C=O) groups is 1. The van der Waals surface area contributed by atoms with Crippen LogP contribution in [-0.2, 0) is 25.6 Å². The van der Waals surface area contributed by atoms with Gasteiger partial charge in [-0.2, -0.15) is 0 Å². The monoisotopic (exact) mass is 252 g/mol. The molecule has 1 rings (SSSR count). The molecule has 0 aromatic heterocycles. The Balaban J connectivity index is 2.28. The van der Waals surface area contributed by atoms with Crippen LogP contribution in [0.25, 0.3) is 0 Å². The van der Waals surface area contributed by atoms with Gasteiger partial charge in [0.2, 0.25) is 0 Å². The number of ether oxygens (including phenoxy) is 3. The molecule has 4 nitrogen and oxygen atoms in total. The number of hydrogen-bond donors (Lipinski definition) is 0. The summed E-state index contributed by atoms with van der Waals surface area (Å²) in [7, 11) is 1.56. The number of esters is 1. The van der Waals surface area contributed by atoms with Gasteiger partial charge in [0.15, 0.2) is 0 Å². The Morgan fingerprint density at radius 3 is 2.61 bits per heavy atom. The first kappa shape index (κ1) is 14.7. The molecular weight excluding hydrogens is 232 g/mol. The standard InChI is InChI=1S/C14H20O4/c1-3-17-11-13(16-2)9-14(15)18-10-12-7-5-4-6-8-12/h4-8,13H,3,9-11H2,1-2H3. The first-order valence-electron chi connectivity index (χ1n) is 6.06. The number of carbonyl (C=O) groups excluding carboxylic acids is 1. The van der Waals surface area contributed by atoms with Crippen molar-refractivity contribution in [2.75, 3.05) is 20.3 Å². The van der Waals surface area contributed by atoms with Crippen molar-refractivity contribution in [3.8, 4) is 0 Å². The molecule has 0 fully saturated rings. The highest BCUT2D eigenvalue weighted by Gasteiger charge is 2.14. The van der Waals surface area contributed by atoms with E-state index in [2.05, 4.69) is 0 Å². The van der Waals surface area contributed by atoms with Gasteiger partial charge in [0.1, 0.15) is 6.61 Å². The maximum Gasteiger partial charge on any atom is 0.308 e. The topological polar surface area (TPSA) is 44.8 Å². The van der Waals surface area contributed by atoms with Crippen LogP contribution in [0.5, 0.6) is 0 Å². The third-order valence-electron chi connectivity index (χ3n) is 2.48. The molecule has 1 aromatic carbocycles. The van der Waals surface area contributed by atoms with E-state index in [1.54, 1.807) is 7.11 Å². The van der Waals surface area contributed by atoms with Crippen LogP contribution < -0.4 is 0 Å². The molecule has 0 spiro atoms. The molecule has 0 aliphatic rings. The van der Waals surface area contributed by atoms with Crippen molar-refractivity contribution in [3.63, 3.8) is 0 Å². The lowest BCUT2D eigenvalue weighted by molar-refractivity contribution is -0.148. The summed E-state index contributed by atoms with van der Waals surface area (Å²) in [5.41, 5.74) is 0.977. The Labute approximate surface area is 108 Å². The molecule has 0 bridgehead atoms.